The zero-order valence-corrected chi connectivity index (χ0v) is 19.0. The number of nitrogens with zero attached hydrogens (tertiary/aromatic N) is 1. The van der Waals surface area contributed by atoms with Crippen LogP contribution < -0.4 is 10.9 Å². The number of nitrogens with one attached hydrogen (secondary N) is 2. The lowest BCUT2D eigenvalue weighted by molar-refractivity contribution is 0.0940. The van der Waals surface area contributed by atoms with Crippen molar-refractivity contribution in [3.63, 3.8) is 0 Å². The van der Waals surface area contributed by atoms with E-state index in [-0.39, 0.29) is 34.3 Å². The van der Waals surface area contributed by atoms with Crippen molar-refractivity contribution in [1.29, 1.82) is 0 Å². The van der Waals surface area contributed by atoms with Gasteiger partial charge >= 0.3 is 0 Å². The SMILES string of the molecule is Cc1nc(C(C)(C)C)[nH]c(=O)c1C(=O)NCC1CC2c3ccccc3C1c1ccccc12. The summed E-state index contributed by atoms with van der Waals surface area (Å²) in [6, 6.07) is 17.4. The summed E-state index contributed by atoms with van der Waals surface area (Å²) in [5.41, 5.74) is 5.47. The molecule has 1 atom stereocenters. The van der Waals surface area contributed by atoms with Crippen molar-refractivity contribution in [2.45, 2.75) is 51.4 Å². The van der Waals surface area contributed by atoms with E-state index >= 15 is 0 Å². The molecule has 3 aliphatic rings. The van der Waals surface area contributed by atoms with E-state index in [4.69, 9.17) is 0 Å². The number of H-pyrrole nitrogens is 1. The predicted octanol–water partition coefficient (Wildman–Crippen LogP) is 4.40. The fourth-order valence-corrected chi connectivity index (χ4v) is 5.48. The maximum absolute atomic E-state index is 13.0. The van der Waals surface area contributed by atoms with Gasteiger partial charge in [-0.25, -0.2) is 4.98 Å². The molecule has 5 nitrogen and oxygen atoms in total. The quantitative estimate of drug-likeness (QED) is 0.650. The monoisotopic (exact) mass is 427 g/mol. The average molecular weight is 428 g/mol. The molecule has 0 fully saturated rings. The summed E-state index contributed by atoms with van der Waals surface area (Å²) in [4.78, 5) is 33.0. The molecule has 2 aromatic carbocycles. The molecule has 32 heavy (non-hydrogen) atoms. The zero-order chi connectivity index (χ0) is 22.6. The Bertz CT molecular complexity index is 1220. The largest absolute Gasteiger partial charge is 0.351 e. The fourth-order valence-electron chi connectivity index (χ4n) is 5.48. The van der Waals surface area contributed by atoms with Crippen molar-refractivity contribution in [3.05, 3.63) is 98.2 Å². The van der Waals surface area contributed by atoms with Gasteiger partial charge in [-0.05, 0) is 41.5 Å². The predicted molar refractivity (Wildman–Crippen MR) is 125 cm³/mol. The number of rotatable bonds is 3. The molecule has 2 bridgehead atoms. The van der Waals surface area contributed by atoms with E-state index in [0.717, 1.165) is 6.42 Å². The molecule has 3 aromatic rings. The van der Waals surface area contributed by atoms with E-state index in [0.29, 0.717) is 24.0 Å². The molecule has 0 saturated carbocycles. The maximum Gasteiger partial charge on any atom is 0.264 e. The summed E-state index contributed by atoms with van der Waals surface area (Å²) in [6.45, 7) is 8.21. The first-order valence-electron chi connectivity index (χ1n) is 11.3. The summed E-state index contributed by atoms with van der Waals surface area (Å²) in [7, 11) is 0. The fraction of sp³-hybridized carbons (Fsp3) is 0.370. The van der Waals surface area contributed by atoms with E-state index in [1.165, 1.54) is 22.3 Å². The molecule has 3 aliphatic carbocycles. The van der Waals surface area contributed by atoms with Gasteiger partial charge in [-0.1, -0.05) is 69.3 Å². The topological polar surface area (TPSA) is 74.8 Å². The highest BCUT2D eigenvalue weighted by Crippen LogP contribution is 2.55. The van der Waals surface area contributed by atoms with Gasteiger partial charge in [-0.2, -0.15) is 0 Å². The van der Waals surface area contributed by atoms with Crippen LogP contribution in [0.2, 0.25) is 0 Å². The van der Waals surface area contributed by atoms with E-state index in [1.54, 1.807) is 6.92 Å². The van der Waals surface area contributed by atoms with Crippen molar-refractivity contribution in [1.82, 2.24) is 15.3 Å². The highest BCUT2D eigenvalue weighted by Gasteiger charge is 2.43. The number of hydrogen-bond acceptors (Lipinski definition) is 3. The second-order valence-electron chi connectivity index (χ2n) is 10.1. The van der Waals surface area contributed by atoms with Gasteiger partial charge in [-0.3, -0.25) is 9.59 Å². The Morgan fingerprint density at radius 3 is 2.12 bits per heavy atom. The maximum atomic E-state index is 13.0. The lowest BCUT2D eigenvalue weighted by Gasteiger charge is -2.45. The highest BCUT2D eigenvalue weighted by molar-refractivity contribution is 5.94. The van der Waals surface area contributed by atoms with Gasteiger partial charge in [0, 0.05) is 23.8 Å². The Balaban J connectivity index is 1.41. The number of carbonyl (C=O) groups excluding carboxylic acids is 1. The minimum Gasteiger partial charge on any atom is -0.351 e. The van der Waals surface area contributed by atoms with Gasteiger partial charge in [0.05, 0.1) is 5.69 Å². The Morgan fingerprint density at radius 2 is 1.59 bits per heavy atom. The van der Waals surface area contributed by atoms with Crippen molar-refractivity contribution >= 4 is 5.91 Å². The van der Waals surface area contributed by atoms with Crippen LogP contribution in [0.25, 0.3) is 0 Å². The first-order chi connectivity index (χ1) is 15.3. The molecule has 1 amide bonds. The third kappa shape index (κ3) is 3.27. The number of carbonyl (C=O) groups is 1. The van der Waals surface area contributed by atoms with Crippen molar-refractivity contribution in [3.8, 4) is 0 Å². The molecule has 5 heteroatoms. The summed E-state index contributed by atoms with van der Waals surface area (Å²) in [5.74, 6) is 1.14. The summed E-state index contributed by atoms with van der Waals surface area (Å²) < 4.78 is 0. The van der Waals surface area contributed by atoms with Crippen molar-refractivity contribution in [2.75, 3.05) is 6.54 Å². The molecule has 164 valence electrons. The number of aromatic amines is 1. The lowest BCUT2D eigenvalue weighted by Crippen LogP contribution is -2.41. The second kappa shape index (κ2) is 7.44. The van der Waals surface area contributed by atoms with Crippen LogP contribution in [-0.2, 0) is 5.41 Å². The summed E-state index contributed by atoms with van der Waals surface area (Å²) in [6.07, 6.45) is 0.996. The van der Waals surface area contributed by atoms with Gasteiger partial charge in [-0.15, -0.1) is 0 Å². The van der Waals surface area contributed by atoms with Gasteiger partial charge in [0.15, 0.2) is 0 Å². The molecule has 2 N–H and O–H groups in total. The molecular formula is C27H29N3O2. The minimum atomic E-state index is -0.374. The molecule has 0 aliphatic heterocycles. The first kappa shape index (κ1) is 20.7. The van der Waals surface area contributed by atoms with Gasteiger partial charge in [0.2, 0.25) is 0 Å². The normalized spacial score (nSPS) is 21.1. The molecule has 1 unspecified atom stereocenters. The standard InChI is InChI=1S/C27H29N3O2/c1-15-22(25(32)30-26(29-15)27(2,3)4)24(31)28-14-16-13-21-17-9-5-7-11-19(17)23(16)20-12-8-6-10-18(20)21/h5-12,16,21,23H,13-14H2,1-4H3,(H,28,31)(H,29,30,32). The molecule has 6 rings (SSSR count). The van der Waals surface area contributed by atoms with Crippen LogP contribution in [0.4, 0.5) is 0 Å². The number of aromatic nitrogens is 2. The molecule has 0 saturated heterocycles. The van der Waals surface area contributed by atoms with Crippen LogP contribution in [0.5, 0.6) is 0 Å². The van der Waals surface area contributed by atoms with Gasteiger partial charge in [0.1, 0.15) is 11.4 Å². The number of benzene rings is 2. The Hall–Kier alpha value is -3.21. The third-order valence-electron chi connectivity index (χ3n) is 6.99. The molecular weight excluding hydrogens is 398 g/mol. The number of aryl methyl sites for hydroxylation is 1. The first-order valence-corrected chi connectivity index (χ1v) is 11.3. The van der Waals surface area contributed by atoms with Crippen LogP contribution in [0.3, 0.4) is 0 Å². The Morgan fingerprint density at radius 1 is 1.03 bits per heavy atom. The summed E-state index contributed by atoms with van der Waals surface area (Å²) >= 11 is 0. The molecule has 0 radical (unpaired) electrons. The van der Waals surface area contributed by atoms with E-state index in [1.807, 2.05) is 20.8 Å². The van der Waals surface area contributed by atoms with Crippen molar-refractivity contribution < 1.29 is 4.79 Å². The van der Waals surface area contributed by atoms with Crippen LogP contribution in [0.15, 0.2) is 53.3 Å². The molecule has 1 heterocycles. The second-order valence-corrected chi connectivity index (χ2v) is 10.1. The average Bonchev–Trinajstić information content (AvgIpc) is 2.76. The van der Waals surface area contributed by atoms with Crippen molar-refractivity contribution in [2.24, 2.45) is 5.92 Å². The number of fused-ring (bicyclic) bond motifs is 1. The van der Waals surface area contributed by atoms with E-state index < -0.39 is 0 Å². The van der Waals surface area contributed by atoms with Crippen LogP contribution in [-0.4, -0.2) is 22.4 Å². The smallest absolute Gasteiger partial charge is 0.264 e. The van der Waals surface area contributed by atoms with Gasteiger partial charge < -0.3 is 10.3 Å². The molecule has 1 aromatic heterocycles. The summed E-state index contributed by atoms with van der Waals surface area (Å²) in [5, 5.41) is 3.06. The number of hydrogen-bond donors (Lipinski definition) is 2. The minimum absolute atomic E-state index is 0.111. The lowest BCUT2D eigenvalue weighted by atomic mass is 9.59. The van der Waals surface area contributed by atoms with E-state index in [2.05, 4.69) is 63.8 Å². The van der Waals surface area contributed by atoms with Crippen LogP contribution in [0, 0.1) is 12.8 Å². The highest BCUT2D eigenvalue weighted by atomic mass is 16.2. The van der Waals surface area contributed by atoms with E-state index in [9.17, 15) is 9.59 Å². The zero-order valence-electron chi connectivity index (χ0n) is 19.0. The van der Waals surface area contributed by atoms with Crippen LogP contribution in [0.1, 0.15) is 83.2 Å². The van der Waals surface area contributed by atoms with Crippen LogP contribution >= 0.6 is 0 Å². The number of amides is 1. The van der Waals surface area contributed by atoms with Gasteiger partial charge in [0.25, 0.3) is 11.5 Å². The Labute approximate surface area is 188 Å². The molecule has 0 spiro atoms. The Kier molecular flexibility index (Phi) is 4.81. The third-order valence-corrected chi connectivity index (χ3v) is 6.99.